The Hall–Kier alpha value is -2.29. The van der Waals surface area contributed by atoms with Gasteiger partial charge < -0.3 is 11.1 Å². The molecular weight excluding hydrogens is 260 g/mol. The van der Waals surface area contributed by atoms with Crippen LogP contribution in [0.5, 0.6) is 0 Å². The third-order valence-corrected chi connectivity index (χ3v) is 4.30. The Bertz CT molecular complexity index is 630. The molecule has 1 aliphatic carbocycles. The van der Waals surface area contributed by atoms with Gasteiger partial charge in [0.25, 0.3) is 0 Å². The van der Waals surface area contributed by atoms with E-state index < -0.39 is 0 Å². The van der Waals surface area contributed by atoms with Crippen molar-refractivity contribution in [2.45, 2.75) is 31.2 Å². The Labute approximate surface area is 125 Å². The van der Waals surface area contributed by atoms with Gasteiger partial charge in [-0.2, -0.15) is 0 Å². The summed E-state index contributed by atoms with van der Waals surface area (Å²) >= 11 is 0. The van der Waals surface area contributed by atoms with Gasteiger partial charge in [0.05, 0.1) is 11.5 Å². The maximum absolute atomic E-state index is 12.7. The molecule has 0 saturated heterocycles. The maximum atomic E-state index is 12.7. The van der Waals surface area contributed by atoms with E-state index in [4.69, 9.17) is 5.73 Å². The van der Waals surface area contributed by atoms with Crippen molar-refractivity contribution in [1.29, 1.82) is 0 Å². The number of nitrogens with two attached hydrogens (primary N) is 1. The standard InChI is InChI=1S/C18H20N2O/c1-13(14-5-3-2-4-6-14)20-17(21)18(11-12-18)15-7-9-16(19)10-8-15/h2-10,13H,11-12,19H2,1H3,(H,20,21). The molecule has 2 aromatic rings. The van der Waals surface area contributed by atoms with Crippen molar-refractivity contribution in [3.8, 4) is 0 Å². The number of amides is 1. The molecule has 0 bridgehead atoms. The minimum absolute atomic E-state index is 0.0185. The molecule has 0 radical (unpaired) electrons. The van der Waals surface area contributed by atoms with Gasteiger partial charge in [-0.15, -0.1) is 0 Å². The number of carbonyl (C=O) groups excluding carboxylic acids is 1. The first-order valence-corrected chi connectivity index (χ1v) is 7.34. The molecule has 1 atom stereocenters. The lowest BCUT2D eigenvalue weighted by atomic mass is 9.94. The Morgan fingerprint density at radius 1 is 1.10 bits per heavy atom. The predicted octanol–water partition coefficient (Wildman–Crippen LogP) is 3.18. The van der Waals surface area contributed by atoms with Crippen molar-refractivity contribution in [3.05, 3.63) is 65.7 Å². The highest BCUT2D eigenvalue weighted by atomic mass is 16.2. The highest BCUT2D eigenvalue weighted by molar-refractivity contribution is 5.91. The topological polar surface area (TPSA) is 55.1 Å². The second-order valence-electron chi connectivity index (χ2n) is 5.81. The molecule has 3 heteroatoms. The molecule has 3 N–H and O–H groups in total. The number of rotatable bonds is 4. The summed E-state index contributed by atoms with van der Waals surface area (Å²) in [7, 11) is 0. The molecule has 1 fully saturated rings. The van der Waals surface area contributed by atoms with E-state index in [9.17, 15) is 4.79 Å². The molecule has 0 aliphatic heterocycles. The molecule has 1 saturated carbocycles. The van der Waals surface area contributed by atoms with Gasteiger partial charge in [0.15, 0.2) is 0 Å². The van der Waals surface area contributed by atoms with Crippen LogP contribution in [0.1, 0.15) is 36.9 Å². The van der Waals surface area contributed by atoms with Crippen LogP contribution in [0.25, 0.3) is 0 Å². The fraction of sp³-hybridized carbons (Fsp3) is 0.278. The lowest BCUT2D eigenvalue weighted by molar-refractivity contribution is -0.124. The summed E-state index contributed by atoms with van der Waals surface area (Å²) in [5.41, 5.74) is 8.29. The number of hydrogen-bond donors (Lipinski definition) is 2. The van der Waals surface area contributed by atoms with Gasteiger partial charge in [-0.3, -0.25) is 4.79 Å². The number of nitrogens with one attached hydrogen (secondary N) is 1. The highest BCUT2D eigenvalue weighted by Crippen LogP contribution is 2.48. The second-order valence-corrected chi connectivity index (χ2v) is 5.81. The molecule has 2 aromatic carbocycles. The third kappa shape index (κ3) is 2.64. The molecule has 1 aliphatic rings. The molecule has 108 valence electrons. The maximum Gasteiger partial charge on any atom is 0.231 e. The number of carbonyl (C=O) groups is 1. The van der Waals surface area contributed by atoms with Crippen LogP contribution in [-0.2, 0) is 10.2 Å². The summed E-state index contributed by atoms with van der Waals surface area (Å²) in [5.74, 6) is 0.114. The van der Waals surface area contributed by atoms with Crippen molar-refractivity contribution in [1.82, 2.24) is 5.32 Å². The number of benzene rings is 2. The molecule has 1 unspecified atom stereocenters. The van der Waals surface area contributed by atoms with Gasteiger partial charge in [0.1, 0.15) is 0 Å². The zero-order valence-corrected chi connectivity index (χ0v) is 12.2. The van der Waals surface area contributed by atoms with Crippen LogP contribution in [0.4, 0.5) is 5.69 Å². The number of hydrogen-bond acceptors (Lipinski definition) is 2. The molecule has 0 spiro atoms. The zero-order valence-electron chi connectivity index (χ0n) is 12.2. The average Bonchev–Trinajstić information content (AvgIpc) is 3.30. The van der Waals surface area contributed by atoms with Gasteiger partial charge in [-0.1, -0.05) is 42.5 Å². The van der Waals surface area contributed by atoms with Crippen molar-refractivity contribution in [3.63, 3.8) is 0 Å². The Kier molecular flexibility index (Phi) is 3.42. The summed E-state index contributed by atoms with van der Waals surface area (Å²) in [4.78, 5) is 12.7. The molecule has 1 amide bonds. The minimum Gasteiger partial charge on any atom is -0.399 e. The lowest BCUT2D eigenvalue weighted by Crippen LogP contribution is -2.36. The molecule has 3 rings (SSSR count). The fourth-order valence-electron chi connectivity index (χ4n) is 2.73. The number of anilines is 1. The van der Waals surface area contributed by atoms with E-state index in [1.54, 1.807) is 0 Å². The normalized spacial score (nSPS) is 17.0. The largest absolute Gasteiger partial charge is 0.399 e. The van der Waals surface area contributed by atoms with Gasteiger partial charge in [0.2, 0.25) is 5.91 Å². The monoisotopic (exact) mass is 280 g/mol. The van der Waals surface area contributed by atoms with Crippen molar-refractivity contribution < 1.29 is 4.79 Å². The summed E-state index contributed by atoms with van der Waals surface area (Å²) in [6.45, 7) is 2.02. The summed E-state index contributed by atoms with van der Waals surface area (Å²) in [6, 6.07) is 17.7. The van der Waals surface area contributed by atoms with Gasteiger partial charge in [-0.25, -0.2) is 0 Å². The molecule has 0 heterocycles. The Balaban J connectivity index is 1.75. The van der Waals surface area contributed by atoms with Crippen LogP contribution in [0.15, 0.2) is 54.6 Å². The second kappa shape index (κ2) is 5.24. The van der Waals surface area contributed by atoms with Crippen LogP contribution in [0.2, 0.25) is 0 Å². The van der Waals surface area contributed by atoms with Gasteiger partial charge >= 0.3 is 0 Å². The molecule has 0 aromatic heterocycles. The van der Waals surface area contributed by atoms with E-state index in [2.05, 4.69) is 5.32 Å². The number of nitrogen functional groups attached to an aromatic ring is 1. The summed E-state index contributed by atoms with van der Waals surface area (Å²) in [6.07, 6.45) is 1.81. The predicted molar refractivity (Wildman–Crippen MR) is 84.8 cm³/mol. The molecule has 3 nitrogen and oxygen atoms in total. The van der Waals surface area contributed by atoms with E-state index in [1.165, 1.54) is 0 Å². The molecular formula is C18H20N2O. The summed E-state index contributed by atoms with van der Waals surface area (Å²) in [5, 5.41) is 3.14. The SMILES string of the molecule is CC(NC(=O)C1(c2ccc(N)cc2)CC1)c1ccccc1. The first kappa shape index (κ1) is 13.7. The first-order valence-electron chi connectivity index (χ1n) is 7.34. The van der Waals surface area contributed by atoms with Crippen LogP contribution < -0.4 is 11.1 Å². The van der Waals surface area contributed by atoms with Crippen LogP contribution in [0.3, 0.4) is 0 Å². The third-order valence-electron chi connectivity index (χ3n) is 4.30. The minimum atomic E-state index is -0.350. The van der Waals surface area contributed by atoms with E-state index in [1.807, 2.05) is 61.5 Å². The lowest BCUT2D eigenvalue weighted by Gasteiger charge is -2.20. The van der Waals surface area contributed by atoms with Crippen molar-refractivity contribution in [2.24, 2.45) is 0 Å². The van der Waals surface area contributed by atoms with Crippen molar-refractivity contribution >= 4 is 11.6 Å². The van der Waals surface area contributed by atoms with Crippen LogP contribution in [-0.4, -0.2) is 5.91 Å². The Morgan fingerprint density at radius 2 is 1.71 bits per heavy atom. The quantitative estimate of drug-likeness (QED) is 0.845. The van der Waals surface area contributed by atoms with E-state index in [-0.39, 0.29) is 17.4 Å². The average molecular weight is 280 g/mol. The van der Waals surface area contributed by atoms with Gasteiger partial charge in [-0.05, 0) is 43.0 Å². The van der Waals surface area contributed by atoms with Crippen LogP contribution >= 0.6 is 0 Å². The Morgan fingerprint density at radius 3 is 2.29 bits per heavy atom. The zero-order chi connectivity index (χ0) is 14.9. The van der Waals surface area contributed by atoms with Crippen LogP contribution in [0, 0.1) is 0 Å². The molecule has 21 heavy (non-hydrogen) atoms. The summed E-state index contributed by atoms with van der Waals surface area (Å²) < 4.78 is 0. The fourth-order valence-corrected chi connectivity index (χ4v) is 2.73. The van der Waals surface area contributed by atoms with E-state index in [0.717, 1.165) is 29.7 Å². The van der Waals surface area contributed by atoms with E-state index >= 15 is 0 Å². The first-order chi connectivity index (χ1) is 10.1. The van der Waals surface area contributed by atoms with E-state index in [0.29, 0.717) is 0 Å². The highest BCUT2D eigenvalue weighted by Gasteiger charge is 2.51. The smallest absolute Gasteiger partial charge is 0.231 e. The van der Waals surface area contributed by atoms with Gasteiger partial charge in [0, 0.05) is 5.69 Å². The van der Waals surface area contributed by atoms with Crippen molar-refractivity contribution in [2.75, 3.05) is 5.73 Å².